The van der Waals surface area contributed by atoms with Crippen molar-refractivity contribution in [3.8, 4) is 0 Å². The molecule has 1 aromatic carbocycles. The molecule has 6 heteroatoms. The lowest BCUT2D eigenvalue weighted by molar-refractivity contribution is 0.567. The first-order valence-corrected chi connectivity index (χ1v) is 8.34. The van der Waals surface area contributed by atoms with Crippen molar-refractivity contribution < 1.29 is 8.42 Å². The molecule has 17 heavy (non-hydrogen) atoms. The molecule has 0 saturated heterocycles. The van der Waals surface area contributed by atoms with Crippen LogP contribution in [0.5, 0.6) is 0 Å². The summed E-state index contributed by atoms with van der Waals surface area (Å²) < 4.78 is 23.4. The fraction of sp³-hybridized carbons (Fsp3) is 0.455. The highest BCUT2D eigenvalue weighted by Crippen LogP contribution is 2.22. The van der Waals surface area contributed by atoms with Gasteiger partial charge in [-0.1, -0.05) is 33.6 Å². The largest absolute Gasteiger partial charge is 0.316 e. The number of halogens is 2. The lowest BCUT2D eigenvalue weighted by atomic mass is 10.1. The molecule has 0 spiro atoms. The van der Waals surface area contributed by atoms with Crippen LogP contribution in [0, 0.1) is 0 Å². The Balaban J connectivity index is 2.81. The van der Waals surface area contributed by atoms with Crippen molar-refractivity contribution in [2.45, 2.75) is 12.5 Å². The molecule has 0 aliphatic heterocycles. The van der Waals surface area contributed by atoms with Crippen LogP contribution < -0.4 is 5.32 Å². The number of hydrogen-bond donors (Lipinski definition) is 1. The van der Waals surface area contributed by atoms with Crippen LogP contribution in [0.3, 0.4) is 0 Å². The van der Waals surface area contributed by atoms with Crippen molar-refractivity contribution in [3.05, 3.63) is 33.3 Å². The third-order valence-electron chi connectivity index (χ3n) is 2.39. The van der Waals surface area contributed by atoms with Gasteiger partial charge in [0.25, 0.3) is 0 Å². The number of nitrogens with one attached hydrogen (secondary N) is 1. The van der Waals surface area contributed by atoms with Gasteiger partial charge in [0.15, 0.2) is 0 Å². The molecule has 1 N–H and O–H groups in total. The molecular weight excluding hydrogens is 326 g/mol. The fourth-order valence-corrected chi connectivity index (χ4v) is 3.33. The van der Waals surface area contributed by atoms with E-state index in [1.54, 1.807) is 7.05 Å². The second kappa shape index (κ2) is 6.18. The standard InChI is InChI=1S/C11H15BrClNO2S/c1-14-10(7-17(2,15)16)5-8-3-4-9(12)6-11(8)13/h3-4,6,10,14H,5,7H2,1-2H3. The third kappa shape index (κ3) is 5.38. The van der Waals surface area contributed by atoms with E-state index in [0.29, 0.717) is 11.4 Å². The van der Waals surface area contributed by atoms with Crippen LogP contribution in [-0.2, 0) is 16.3 Å². The van der Waals surface area contributed by atoms with E-state index in [-0.39, 0.29) is 11.8 Å². The monoisotopic (exact) mass is 339 g/mol. The van der Waals surface area contributed by atoms with Crippen molar-refractivity contribution in [1.29, 1.82) is 0 Å². The van der Waals surface area contributed by atoms with Crippen LogP contribution in [0.4, 0.5) is 0 Å². The van der Waals surface area contributed by atoms with Gasteiger partial charge in [0.05, 0.1) is 5.75 Å². The fourth-order valence-electron chi connectivity index (χ4n) is 1.56. The molecule has 0 fully saturated rings. The average Bonchev–Trinajstić information content (AvgIpc) is 2.19. The second-order valence-electron chi connectivity index (χ2n) is 4.02. The molecule has 3 nitrogen and oxygen atoms in total. The Labute approximate surface area is 116 Å². The van der Waals surface area contributed by atoms with Crippen molar-refractivity contribution >= 4 is 37.4 Å². The van der Waals surface area contributed by atoms with Crippen LogP contribution in [0.25, 0.3) is 0 Å². The summed E-state index contributed by atoms with van der Waals surface area (Å²) in [5.41, 5.74) is 0.942. The highest BCUT2D eigenvalue weighted by molar-refractivity contribution is 9.10. The number of sulfone groups is 1. The quantitative estimate of drug-likeness (QED) is 0.894. The van der Waals surface area contributed by atoms with E-state index in [0.717, 1.165) is 10.0 Å². The second-order valence-corrected chi connectivity index (χ2v) is 7.53. The maximum atomic E-state index is 11.2. The molecular formula is C11H15BrClNO2S. The SMILES string of the molecule is CNC(Cc1ccc(Br)cc1Cl)CS(C)(=O)=O. The van der Waals surface area contributed by atoms with Gasteiger partial charge in [-0.2, -0.15) is 0 Å². The van der Waals surface area contributed by atoms with Gasteiger partial charge in [-0.15, -0.1) is 0 Å². The van der Waals surface area contributed by atoms with Gasteiger partial charge in [-0.3, -0.25) is 0 Å². The first-order chi connectivity index (χ1) is 7.81. The molecule has 0 saturated carbocycles. The minimum Gasteiger partial charge on any atom is -0.316 e. The minimum atomic E-state index is -2.99. The maximum Gasteiger partial charge on any atom is 0.148 e. The van der Waals surface area contributed by atoms with Gasteiger partial charge < -0.3 is 5.32 Å². The van der Waals surface area contributed by atoms with Gasteiger partial charge in [0.2, 0.25) is 0 Å². The lowest BCUT2D eigenvalue weighted by Gasteiger charge is -2.16. The van der Waals surface area contributed by atoms with Gasteiger partial charge in [0.1, 0.15) is 9.84 Å². The Morgan fingerprint density at radius 3 is 2.59 bits per heavy atom. The molecule has 0 aliphatic carbocycles. The van der Waals surface area contributed by atoms with Gasteiger partial charge in [-0.05, 0) is 31.2 Å². The van der Waals surface area contributed by atoms with Gasteiger partial charge in [-0.25, -0.2) is 8.42 Å². The van der Waals surface area contributed by atoms with Crippen molar-refractivity contribution in [2.24, 2.45) is 0 Å². The predicted molar refractivity (Wildman–Crippen MR) is 75.4 cm³/mol. The average molecular weight is 341 g/mol. The highest BCUT2D eigenvalue weighted by atomic mass is 79.9. The molecule has 1 unspecified atom stereocenters. The first-order valence-electron chi connectivity index (χ1n) is 5.10. The summed E-state index contributed by atoms with van der Waals surface area (Å²) in [5, 5.41) is 3.65. The van der Waals surface area contributed by atoms with Crippen LogP contribution in [0.1, 0.15) is 5.56 Å². The molecule has 96 valence electrons. The summed E-state index contributed by atoms with van der Waals surface area (Å²) >= 11 is 9.43. The smallest absolute Gasteiger partial charge is 0.148 e. The van der Waals surface area contributed by atoms with Crippen molar-refractivity contribution in [1.82, 2.24) is 5.32 Å². The molecule has 0 aliphatic rings. The number of likely N-dealkylation sites (N-methyl/N-ethyl adjacent to an activating group) is 1. The number of rotatable bonds is 5. The number of hydrogen-bond acceptors (Lipinski definition) is 3. The summed E-state index contributed by atoms with van der Waals surface area (Å²) in [6, 6.07) is 5.49. The zero-order valence-electron chi connectivity index (χ0n) is 9.70. The topological polar surface area (TPSA) is 46.2 Å². The Morgan fingerprint density at radius 1 is 1.47 bits per heavy atom. The molecule has 0 aromatic heterocycles. The van der Waals surface area contributed by atoms with Crippen LogP contribution >= 0.6 is 27.5 Å². The Kier molecular flexibility index (Phi) is 5.44. The zero-order valence-corrected chi connectivity index (χ0v) is 12.9. The Morgan fingerprint density at radius 2 is 2.12 bits per heavy atom. The lowest BCUT2D eigenvalue weighted by Crippen LogP contribution is -2.34. The Bertz CT molecular complexity index is 490. The van der Waals surface area contributed by atoms with Crippen LogP contribution in [0.2, 0.25) is 5.02 Å². The van der Waals surface area contributed by atoms with E-state index in [1.165, 1.54) is 6.26 Å². The number of benzene rings is 1. The molecule has 0 radical (unpaired) electrons. The van der Waals surface area contributed by atoms with E-state index < -0.39 is 9.84 Å². The summed E-state index contributed by atoms with van der Waals surface area (Å²) in [4.78, 5) is 0. The van der Waals surface area contributed by atoms with Gasteiger partial charge in [0, 0.05) is 21.8 Å². The van der Waals surface area contributed by atoms with Crippen molar-refractivity contribution in [2.75, 3.05) is 19.1 Å². The van der Waals surface area contributed by atoms with E-state index in [9.17, 15) is 8.42 Å². The Hall–Kier alpha value is -0.100. The summed E-state index contributed by atoms with van der Waals surface area (Å²) in [7, 11) is -1.24. The molecule has 0 heterocycles. The van der Waals surface area contributed by atoms with E-state index in [1.807, 2.05) is 18.2 Å². The van der Waals surface area contributed by atoms with Crippen LogP contribution in [-0.4, -0.2) is 33.5 Å². The van der Waals surface area contributed by atoms with E-state index in [2.05, 4.69) is 21.2 Å². The molecule has 1 rings (SSSR count). The van der Waals surface area contributed by atoms with Gasteiger partial charge >= 0.3 is 0 Å². The molecule has 1 aromatic rings. The van der Waals surface area contributed by atoms with Crippen LogP contribution in [0.15, 0.2) is 22.7 Å². The molecule has 0 bridgehead atoms. The predicted octanol–water partition coefficient (Wildman–Crippen LogP) is 2.28. The summed E-state index contributed by atoms with van der Waals surface area (Å²) in [6.45, 7) is 0. The normalized spacial score (nSPS) is 13.6. The minimum absolute atomic E-state index is 0.107. The van der Waals surface area contributed by atoms with E-state index >= 15 is 0 Å². The van der Waals surface area contributed by atoms with Crippen molar-refractivity contribution in [3.63, 3.8) is 0 Å². The molecule has 0 amide bonds. The maximum absolute atomic E-state index is 11.2. The molecule has 1 atom stereocenters. The third-order valence-corrected chi connectivity index (χ3v) is 4.25. The summed E-state index contributed by atoms with van der Waals surface area (Å²) in [6.07, 6.45) is 1.83. The summed E-state index contributed by atoms with van der Waals surface area (Å²) in [5.74, 6) is 0.107. The zero-order chi connectivity index (χ0) is 13.1. The first kappa shape index (κ1) is 15.0. The highest BCUT2D eigenvalue weighted by Gasteiger charge is 2.15. The van der Waals surface area contributed by atoms with E-state index in [4.69, 9.17) is 11.6 Å².